The summed E-state index contributed by atoms with van der Waals surface area (Å²) in [5.41, 5.74) is -0.565. The van der Waals surface area contributed by atoms with Gasteiger partial charge in [-0.15, -0.1) is 0 Å². The van der Waals surface area contributed by atoms with Gasteiger partial charge in [-0.1, -0.05) is 18.5 Å². The highest BCUT2D eigenvalue weighted by molar-refractivity contribution is 6.31. The number of fused-ring (bicyclic) bond motifs is 1. The van der Waals surface area contributed by atoms with Gasteiger partial charge < -0.3 is 4.74 Å². The summed E-state index contributed by atoms with van der Waals surface area (Å²) in [7, 11) is 0. The van der Waals surface area contributed by atoms with Gasteiger partial charge in [-0.05, 0) is 24.5 Å². The van der Waals surface area contributed by atoms with E-state index in [1.165, 1.54) is 12.1 Å². The van der Waals surface area contributed by atoms with Crippen LogP contribution < -0.4 is 4.74 Å². The molecule has 0 spiro atoms. The third-order valence-corrected chi connectivity index (χ3v) is 3.05. The zero-order valence-electron chi connectivity index (χ0n) is 8.57. The molecular formula is C11H10ClF3O. The first-order chi connectivity index (χ1) is 7.41. The molecule has 0 aromatic heterocycles. The summed E-state index contributed by atoms with van der Waals surface area (Å²) in [5.74, 6) is 0.120. The van der Waals surface area contributed by atoms with Crippen LogP contribution in [-0.4, -0.2) is 6.61 Å². The molecule has 5 heteroatoms. The van der Waals surface area contributed by atoms with Crippen molar-refractivity contribution in [2.45, 2.75) is 25.4 Å². The van der Waals surface area contributed by atoms with Crippen LogP contribution in [0, 0.1) is 0 Å². The lowest BCUT2D eigenvalue weighted by Gasteiger charge is -2.27. The van der Waals surface area contributed by atoms with Gasteiger partial charge in [-0.3, -0.25) is 0 Å². The summed E-state index contributed by atoms with van der Waals surface area (Å²) in [6.07, 6.45) is -3.85. The van der Waals surface area contributed by atoms with Crippen LogP contribution in [0.4, 0.5) is 13.2 Å². The normalized spacial score (nSPS) is 20.2. The molecule has 2 rings (SSSR count). The van der Waals surface area contributed by atoms with Crippen LogP contribution in [0.5, 0.6) is 5.75 Å². The largest absolute Gasteiger partial charge is 0.493 e. The smallest absolute Gasteiger partial charge is 0.418 e. The maximum absolute atomic E-state index is 12.9. The zero-order valence-corrected chi connectivity index (χ0v) is 9.32. The number of hydrogen-bond acceptors (Lipinski definition) is 1. The fraction of sp³-hybridized carbons (Fsp3) is 0.455. The van der Waals surface area contributed by atoms with E-state index in [-0.39, 0.29) is 16.5 Å². The standard InChI is InChI=1S/C11H10ClF3O/c1-6-4-5-16-8-3-2-7(12)10(9(6)8)11(13,14)15/h2-3,6H,4-5H2,1H3. The van der Waals surface area contributed by atoms with Crippen LogP contribution >= 0.6 is 11.6 Å². The highest BCUT2D eigenvalue weighted by atomic mass is 35.5. The van der Waals surface area contributed by atoms with E-state index in [1.807, 2.05) is 0 Å². The third kappa shape index (κ3) is 1.86. The molecular weight excluding hydrogens is 241 g/mol. The average molecular weight is 251 g/mol. The number of halogens is 4. The summed E-state index contributed by atoms with van der Waals surface area (Å²) in [5, 5.41) is -0.261. The lowest BCUT2D eigenvalue weighted by molar-refractivity contribution is -0.138. The first-order valence-corrected chi connectivity index (χ1v) is 5.31. The van der Waals surface area contributed by atoms with Gasteiger partial charge in [0.15, 0.2) is 0 Å². The van der Waals surface area contributed by atoms with E-state index in [0.717, 1.165) is 0 Å². The molecule has 1 aromatic rings. The van der Waals surface area contributed by atoms with Crippen molar-refractivity contribution < 1.29 is 17.9 Å². The molecule has 0 radical (unpaired) electrons. The second-order valence-electron chi connectivity index (χ2n) is 3.87. The van der Waals surface area contributed by atoms with E-state index < -0.39 is 11.7 Å². The summed E-state index contributed by atoms with van der Waals surface area (Å²) in [6.45, 7) is 2.21. The molecule has 0 fully saturated rings. The molecule has 88 valence electrons. The average Bonchev–Trinajstić information content (AvgIpc) is 2.17. The number of rotatable bonds is 0. The van der Waals surface area contributed by atoms with Crippen LogP contribution in [0.3, 0.4) is 0 Å². The van der Waals surface area contributed by atoms with E-state index in [2.05, 4.69) is 0 Å². The number of ether oxygens (including phenoxy) is 1. The molecule has 1 aromatic carbocycles. The summed E-state index contributed by atoms with van der Waals surface area (Å²) < 4.78 is 43.8. The highest BCUT2D eigenvalue weighted by Crippen LogP contribution is 2.46. The molecule has 1 atom stereocenters. The summed E-state index contributed by atoms with van der Waals surface area (Å²) in [4.78, 5) is 0. The van der Waals surface area contributed by atoms with Crippen molar-refractivity contribution in [3.8, 4) is 5.75 Å². The Morgan fingerprint density at radius 2 is 2.06 bits per heavy atom. The molecule has 0 saturated heterocycles. The fourth-order valence-corrected chi connectivity index (χ4v) is 2.24. The predicted molar refractivity (Wildman–Crippen MR) is 55.0 cm³/mol. The van der Waals surface area contributed by atoms with Gasteiger partial charge >= 0.3 is 6.18 Å². The maximum Gasteiger partial charge on any atom is 0.418 e. The third-order valence-electron chi connectivity index (χ3n) is 2.74. The second kappa shape index (κ2) is 3.84. The van der Waals surface area contributed by atoms with E-state index in [1.54, 1.807) is 6.92 Å². The fourth-order valence-electron chi connectivity index (χ4n) is 1.97. The van der Waals surface area contributed by atoms with Crippen LogP contribution in [0.2, 0.25) is 5.02 Å². The quantitative estimate of drug-likeness (QED) is 0.669. The highest BCUT2D eigenvalue weighted by Gasteiger charge is 2.39. The molecule has 1 aliphatic rings. The lowest BCUT2D eigenvalue weighted by Crippen LogP contribution is -2.19. The van der Waals surface area contributed by atoms with Gasteiger partial charge in [0, 0.05) is 5.56 Å². The Bertz CT molecular complexity index is 414. The van der Waals surface area contributed by atoms with Crippen LogP contribution in [0.15, 0.2) is 12.1 Å². The molecule has 1 aliphatic heterocycles. The molecule has 0 bridgehead atoms. The number of hydrogen-bond donors (Lipinski definition) is 0. The Morgan fingerprint density at radius 3 is 2.69 bits per heavy atom. The predicted octanol–water partition coefficient (Wildman–Crippen LogP) is 4.24. The molecule has 1 nitrogen and oxygen atoms in total. The first-order valence-electron chi connectivity index (χ1n) is 4.93. The van der Waals surface area contributed by atoms with Crippen molar-refractivity contribution in [2.75, 3.05) is 6.61 Å². The van der Waals surface area contributed by atoms with E-state index in [9.17, 15) is 13.2 Å². The Labute approximate surface area is 96.2 Å². The van der Waals surface area contributed by atoms with Crippen molar-refractivity contribution in [3.63, 3.8) is 0 Å². The summed E-state index contributed by atoms with van der Waals surface area (Å²) >= 11 is 5.64. The topological polar surface area (TPSA) is 9.23 Å². The van der Waals surface area contributed by atoms with Crippen molar-refractivity contribution in [1.82, 2.24) is 0 Å². The minimum absolute atomic E-state index is 0.181. The van der Waals surface area contributed by atoms with Gasteiger partial charge in [0.05, 0.1) is 17.2 Å². The van der Waals surface area contributed by atoms with Crippen molar-refractivity contribution in [2.24, 2.45) is 0 Å². The Kier molecular flexibility index (Phi) is 2.78. The van der Waals surface area contributed by atoms with Crippen molar-refractivity contribution >= 4 is 11.6 Å². The first kappa shape index (κ1) is 11.6. The van der Waals surface area contributed by atoms with E-state index in [4.69, 9.17) is 16.3 Å². The number of alkyl halides is 3. The van der Waals surface area contributed by atoms with E-state index in [0.29, 0.717) is 18.8 Å². The van der Waals surface area contributed by atoms with Crippen molar-refractivity contribution in [3.05, 3.63) is 28.3 Å². The number of benzene rings is 1. The zero-order chi connectivity index (χ0) is 11.9. The van der Waals surface area contributed by atoms with Gasteiger partial charge in [0.25, 0.3) is 0 Å². The van der Waals surface area contributed by atoms with Gasteiger partial charge in [-0.25, -0.2) is 0 Å². The molecule has 16 heavy (non-hydrogen) atoms. The van der Waals surface area contributed by atoms with Crippen LogP contribution in [-0.2, 0) is 6.18 Å². The Balaban J connectivity index is 2.67. The monoisotopic (exact) mass is 250 g/mol. The minimum Gasteiger partial charge on any atom is -0.493 e. The molecule has 0 N–H and O–H groups in total. The van der Waals surface area contributed by atoms with Crippen LogP contribution in [0.1, 0.15) is 30.4 Å². The molecule has 1 unspecified atom stereocenters. The Hall–Kier alpha value is -0.900. The Morgan fingerprint density at radius 1 is 1.38 bits per heavy atom. The molecule has 1 heterocycles. The molecule has 0 aliphatic carbocycles. The molecule has 0 amide bonds. The lowest BCUT2D eigenvalue weighted by atomic mass is 9.90. The second-order valence-corrected chi connectivity index (χ2v) is 4.28. The van der Waals surface area contributed by atoms with E-state index >= 15 is 0 Å². The molecule has 0 saturated carbocycles. The van der Waals surface area contributed by atoms with Gasteiger partial charge in [0.1, 0.15) is 5.75 Å². The SMILES string of the molecule is CC1CCOc2ccc(Cl)c(C(F)(F)F)c21. The van der Waals surface area contributed by atoms with Crippen LogP contribution in [0.25, 0.3) is 0 Å². The maximum atomic E-state index is 12.9. The summed E-state index contributed by atoms with van der Waals surface area (Å²) in [6, 6.07) is 2.74. The minimum atomic E-state index is -4.43. The van der Waals surface area contributed by atoms with Crippen molar-refractivity contribution in [1.29, 1.82) is 0 Å². The van der Waals surface area contributed by atoms with Gasteiger partial charge in [0.2, 0.25) is 0 Å². The van der Waals surface area contributed by atoms with Gasteiger partial charge in [-0.2, -0.15) is 13.2 Å².